The fourth-order valence-corrected chi connectivity index (χ4v) is 1.45. The number of anilines is 1. The highest BCUT2D eigenvalue weighted by Gasteiger charge is 2.15. The Morgan fingerprint density at radius 3 is 2.58 bits per heavy atom. The number of ether oxygens (including phenoxy) is 2. The third-order valence-electron chi connectivity index (χ3n) is 2.52. The lowest BCUT2D eigenvalue weighted by Gasteiger charge is -2.13. The Labute approximate surface area is 109 Å². The molecule has 0 heterocycles. The van der Waals surface area contributed by atoms with Crippen molar-refractivity contribution in [2.24, 2.45) is 5.73 Å². The van der Waals surface area contributed by atoms with E-state index in [-0.39, 0.29) is 24.4 Å². The van der Waals surface area contributed by atoms with Crippen molar-refractivity contribution >= 4 is 11.6 Å². The number of carbonyl (C=O) groups is 1. The maximum atomic E-state index is 13.6. The highest BCUT2D eigenvalue weighted by molar-refractivity contribution is 5.91. The summed E-state index contributed by atoms with van der Waals surface area (Å²) in [6.07, 6.45) is -0.508. The molecule has 0 aliphatic heterocycles. The highest BCUT2D eigenvalue weighted by atomic mass is 19.1. The van der Waals surface area contributed by atoms with Gasteiger partial charge in [-0.3, -0.25) is 4.79 Å². The first-order valence-corrected chi connectivity index (χ1v) is 5.57. The number of nitrogens with one attached hydrogen (secondary N) is 1. The number of hydrogen-bond acceptors (Lipinski definition) is 4. The maximum Gasteiger partial charge on any atom is 0.227 e. The van der Waals surface area contributed by atoms with E-state index in [0.717, 1.165) is 12.1 Å². The summed E-state index contributed by atoms with van der Waals surface area (Å²) in [6, 6.07) is 1.72. The fourth-order valence-electron chi connectivity index (χ4n) is 1.45. The van der Waals surface area contributed by atoms with Crippen LogP contribution in [-0.2, 0) is 9.53 Å². The SMILES string of the molecule is COc1cc(F)c(NC(=O)CC(CN)OC)cc1F. The normalized spacial score (nSPS) is 12.1. The quantitative estimate of drug-likeness (QED) is 0.819. The minimum Gasteiger partial charge on any atom is -0.494 e. The van der Waals surface area contributed by atoms with Gasteiger partial charge in [-0.25, -0.2) is 8.78 Å². The molecule has 1 unspecified atom stereocenters. The Balaban J connectivity index is 2.77. The van der Waals surface area contributed by atoms with E-state index in [1.165, 1.54) is 14.2 Å². The summed E-state index contributed by atoms with van der Waals surface area (Å²) in [5, 5.41) is 2.26. The van der Waals surface area contributed by atoms with Gasteiger partial charge in [0.1, 0.15) is 0 Å². The van der Waals surface area contributed by atoms with Crippen molar-refractivity contribution < 1.29 is 23.0 Å². The Bertz CT molecular complexity index is 451. The molecule has 19 heavy (non-hydrogen) atoms. The second kappa shape index (κ2) is 7.01. The number of methoxy groups -OCH3 is 2. The topological polar surface area (TPSA) is 73.6 Å². The predicted octanol–water partition coefficient (Wildman–Crippen LogP) is 1.28. The number of amides is 1. The van der Waals surface area contributed by atoms with E-state index in [1.807, 2.05) is 0 Å². The van der Waals surface area contributed by atoms with Gasteiger partial charge in [0.25, 0.3) is 0 Å². The van der Waals surface area contributed by atoms with Gasteiger partial charge < -0.3 is 20.5 Å². The molecule has 0 aliphatic carbocycles. The Morgan fingerprint density at radius 1 is 1.37 bits per heavy atom. The second-order valence-corrected chi connectivity index (χ2v) is 3.81. The molecule has 1 amide bonds. The summed E-state index contributed by atoms with van der Waals surface area (Å²) in [5.74, 6) is -2.29. The first-order chi connectivity index (χ1) is 9.01. The van der Waals surface area contributed by atoms with E-state index in [1.54, 1.807) is 0 Å². The van der Waals surface area contributed by atoms with Crippen LogP contribution in [0.1, 0.15) is 6.42 Å². The van der Waals surface area contributed by atoms with Crippen molar-refractivity contribution in [3.8, 4) is 5.75 Å². The zero-order valence-electron chi connectivity index (χ0n) is 10.7. The van der Waals surface area contributed by atoms with Crippen LogP contribution in [0.5, 0.6) is 5.75 Å². The lowest BCUT2D eigenvalue weighted by atomic mass is 10.2. The molecule has 0 saturated heterocycles. The number of carbonyl (C=O) groups excluding carboxylic acids is 1. The van der Waals surface area contributed by atoms with Gasteiger partial charge in [-0.15, -0.1) is 0 Å². The molecule has 1 aromatic carbocycles. The molecule has 1 aromatic rings. The van der Waals surface area contributed by atoms with Gasteiger partial charge in [-0.1, -0.05) is 0 Å². The van der Waals surface area contributed by atoms with Gasteiger partial charge in [0.05, 0.1) is 25.3 Å². The van der Waals surface area contributed by atoms with Gasteiger partial charge in [0.15, 0.2) is 17.4 Å². The minimum absolute atomic E-state index is 0.0416. The van der Waals surface area contributed by atoms with E-state index in [0.29, 0.717) is 0 Å². The molecule has 0 spiro atoms. The summed E-state index contributed by atoms with van der Waals surface area (Å²) in [6.45, 7) is 0.156. The van der Waals surface area contributed by atoms with Gasteiger partial charge in [0, 0.05) is 25.8 Å². The molecule has 0 saturated carbocycles. The Hall–Kier alpha value is -1.73. The highest BCUT2D eigenvalue weighted by Crippen LogP contribution is 2.24. The monoisotopic (exact) mass is 274 g/mol. The van der Waals surface area contributed by atoms with Crippen LogP contribution in [0.25, 0.3) is 0 Å². The first kappa shape index (κ1) is 15.3. The van der Waals surface area contributed by atoms with Crippen LogP contribution in [0.3, 0.4) is 0 Å². The molecule has 0 bridgehead atoms. The Kier molecular flexibility index (Phi) is 5.65. The van der Waals surface area contributed by atoms with E-state index >= 15 is 0 Å². The molecular formula is C12H16F2N2O3. The van der Waals surface area contributed by atoms with E-state index < -0.39 is 23.6 Å². The second-order valence-electron chi connectivity index (χ2n) is 3.81. The van der Waals surface area contributed by atoms with Crippen LogP contribution in [0.4, 0.5) is 14.5 Å². The van der Waals surface area contributed by atoms with Crippen LogP contribution in [0, 0.1) is 11.6 Å². The molecule has 3 N–H and O–H groups in total. The van der Waals surface area contributed by atoms with Crippen molar-refractivity contribution in [3.05, 3.63) is 23.8 Å². The predicted molar refractivity (Wildman–Crippen MR) is 66.0 cm³/mol. The largest absolute Gasteiger partial charge is 0.494 e. The van der Waals surface area contributed by atoms with E-state index in [2.05, 4.69) is 10.1 Å². The molecule has 1 atom stereocenters. The average Bonchev–Trinajstić information content (AvgIpc) is 2.39. The third kappa shape index (κ3) is 4.15. The van der Waals surface area contributed by atoms with Gasteiger partial charge in [0.2, 0.25) is 5.91 Å². The lowest BCUT2D eigenvalue weighted by Crippen LogP contribution is -2.28. The lowest BCUT2D eigenvalue weighted by molar-refractivity contribution is -0.118. The average molecular weight is 274 g/mol. The smallest absolute Gasteiger partial charge is 0.227 e. The van der Waals surface area contributed by atoms with Crippen molar-refractivity contribution in [1.29, 1.82) is 0 Å². The summed E-state index contributed by atoms with van der Waals surface area (Å²) < 4.78 is 36.5. The van der Waals surface area contributed by atoms with Crippen molar-refractivity contribution in [1.82, 2.24) is 0 Å². The molecule has 0 aromatic heterocycles. The number of hydrogen-bond donors (Lipinski definition) is 2. The standard InChI is InChI=1S/C12H16F2N2O3/c1-18-7(6-15)3-12(17)16-10-4-9(14)11(19-2)5-8(10)13/h4-5,7H,3,6,15H2,1-2H3,(H,16,17). The molecule has 0 fully saturated rings. The maximum absolute atomic E-state index is 13.6. The third-order valence-corrected chi connectivity index (χ3v) is 2.52. The van der Waals surface area contributed by atoms with Crippen LogP contribution in [-0.4, -0.2) is 32.8 Å². The zero-order valence-corrected chi connectivity index (χ0v) is 10.7. The summed E-state index contributed by atoms with van der Waals surface area (Å²) in [7, 11) is 2.64. The first-order valence-electron chi connectivity index (χ1n) is 5.57. The molecule has 1 rings (SSSR count). The molecule has 0 radical (unpaired) electrons. The number of nitrogens with two attached hydrogens (primary N) is 1. The number of rotatable bonds is 6. The summed E-state index contributed by atoms with van der Waals surface area (Å²) in [4.78, 5) is 11.6. The zero-order chi connectivity index (χ0) is 14.4. The van der Waals surface area contributed by atoms with Crippen LogP contribution >= 0.6 is 0 Å². The fraction of sp³-hybridized carbons (Fsp3) is 0.417. The van der Waals surface area contributed by atoms with Crippen molar-refractivity contribution in [2.45, 2.75) is 12.5 Å². The molecule has 7 heteroatoms. The van der Waals surface area contributed by atoms with Gasteiger partial charge in [-0.05, 0) is 0 Å². The van der Waals surface area contributed by atoms with Crippen LogP contribution in [0.2, 0.25) is 0 Å². The summed E-state index contributed by atoms with van der Waals surface area (Å²) >= 11 is 0. The van der Waals surface area contributed by atoms with Gasteiger partial charge in [-0.2, -0.15) is 0 Å². The molecule has 5 nitrogen and oxygen atoms in total. The molecule has 106 valence electrons. The van der Waals surface area contributed by atoms with E-state index in [9.17, 15) is 13.6 Å². The number of benzene rings is 1. The summed E-state index contributed by atoms with van der Waals surface area (Å²) in [5.41, 5.74) is 5.11. The molecule has 0 aliphatic rings. The van der Waals surface area contributed by atoms with Crippen LogP contribution in [0.15, 0.2) is 12.1 Å². The van der Waals surface area contributed by atoms with Crippen molar-refractivity contribution in [3.63, 3.8) is 0 Å². The van der Waals surface area contributed by atoms with Crippen LogP contribution < -0.4 is 15.8 Å². The molecular weight excluding hydrogens is 258 g/mol. The van der Waals surface area contributed by atoms with Crippen molar-refractivity contribution in [2.75, 3.05) is 26.1 Å². The van der Waals surface area contributed by atoms with Gasteiger partial charge >= 0.3 is 0 Å². The van der Waals surface area contributed by atoms with E-state index in [4.69, 9.17) is 10.5 Å². The number of halogens is 2. The minimum atomic E-state index is -0.784. The Morgan fingerprint density at radius 2 is 2.05 bits per heavy atom.